The van der Waals surface area contributed by atoms with E-state index in [-0.39, 0.29) is 0 Å². The molecule has 0 spiro atoms. The molecule has 3 fully saturated rings. The minimum absolute atomic E-state index is 0.653. The summed E-state index contributed by atoms with van der Waals surface area (Å²) in [4.78, 5) is 2.54. The second-order valence-corrected chi connectivity index (χ2v) is 7.78. The van der Waals surface area contributed by atoms with Gasteiger partial charge in [-0.15, -0.1) is 6.58 Å². The van der Waals surface area contributed by atoms with Gasteiger partial charge in [0.15, 0.2) is 0 Å². The molecule has 2 unspecified atom stereocenters. The second-order valence-electron chi connectivity index (χ2n) is 7.78. The molecule has 1 heterocycles. The highest BCUT2D eigenvalue weighted by Crippen LogP contribution is 2.68. The largest absolute Gasteiger partial charge is 0.379 e. The van der Waals surface area contributed by atoms with Gasteiger partial charge in [-0.05, 0) is 60.8 Å². The first kappa shape index (κ1) is 14.7. The molecule has 4 atom stereocenters. The standard InChI is InChI=1S/C20H29NO/c1-2-16-6-7-20(14-19(20)12-16)18-5-3-4-17(13-18)15-21-8-10-22-11-9-21/h2-4,13,16,18-19H,1,5-12,14-15H2/t16-,18?,19?,20-/m1/s1. The Morgan fingerprint density at radius 2 is 2.23 bits per heavy atom. The van der Waals surface area contributed by atoms with Gasteiger partial charge in [0.05, 0.1) is 13.2 Å². The SMILES string of the molecule is C=C[C@@H]1CC[C@]2(C3C=C(CN4CCOCC4)C=CC3)CC2C1. The Hall–Kier alpha value is -0.860. The van der Waals surface area contributed by atoms with Gasteiger partial charge in [0.1, 0.15) is 0 Å². The van der Waals surface area contributed by atoms with Gasteiger partial charge in [-0.25, -0.2) is 0 Å². The summed E-state index contributed by atoms with van der Waals surface area (Å²) in [5.41, 5.74) is 2.20. The summed E-state index contributed by atoms with van der Waals surface area (Å²) < 4.78 is 5.46. The van der Waals surface area contributed by atoms with E-state index in [9.17, 15) is 0 Å². The first-order valence-corrected chi connectivity index (χ1v) is 9.10. The molecule has 1 saturated heterocycles. The van der Waals surface area contributed by atoms with Crippen molar-refractivity contribution in [2.45, 2.75) is 32.1 Å². The second kappa shape index (κ2) is 5.98. The van der Waals surface area contributed by atoms with E-state index in [0.29, 0.717) is 5.41 Å². The Kier molecular flexibility index (Phi) is 4.00. The number of nitrogens with zero attached hydrogens (tertiary/aromatic N) is 1. The number of ether oxygens (including phenoxy) is 1. The summed E-state index contributed by atoms with van der Waals surface area (Å²) in [5, 5.41) is 0. The molecule has 4 aliphatic rings. The Morgan fingerprint density at radius 3 is 3.00 bits per heavy atom. The molecular weight excluding hydrogens is 270 g/mol. The first-order valence-electron chi connectivity index (χ1n) is 9.10. The molecule has 2 nitrogen and oxygen atoms in total. The van der Waals surface area contributed by atoms with Crippen LogP contribution in [0.5, 0.6) is 0 Å². The fourth-order valence-corrected chi connectivity index (χ4v) is 5.09. The summed E-state index contributed by atoms with van der Waals surface area (Å²) >= 11 is 0. The Bertz CT molecular complexity index is 488. The van der Waals surface area contributed by atoms with Crippen molar-refractivity contribution in [1.82, 2.24) is 4.90 Å². The molecule has 2 saturated carbocycles. The van der Waals surface area contributed by atoms with Crippen LogP contribution in [0.2, 0.25) is 0 Å². The average molecular weight is 299 g/mol. The quantitative estimate of drug-likeness (QED) is 0.732. The Balaban J connectivity index is 1.41. The van der Waals surface area contributed by atoms with Crippen molar-refractivity contribution in [2.24, 2.45) is 23.2 Å². The zero-order chi connectivity index (χ0) is 15.0. The highest BCUT2D eigenvalue weighted by Gasteiger charge is 2.59. The van der Waals surface area contributed by atoms with Crippen LogP contribution in [0.1, 0.15) is 32.1 Å². The van der Waals surface area contributed by atoms with E-state index in [1.807, 2.05) is 0 Å². The molecule has 0 aromatic heterocycles. The maximum Gasteiger partial charge on any atom is 0.0594 e. The first-order chi connectivity index (χ1) is 10.8. The highest BCUT2D eigenvalue weighted by atomic mass is 16.5. The predicted octanol–water partition coefficient (Wildman–Crippen LogP) is 3.81. The lowest BCUT2D eigenvalue weighted by molar-refractivity contribution is 0.0424. The molecule has 120 valence electrons. The van der Waals surface area contributed by atoms with E-state index in [0.717, 1.165) is 50.6 Å². The van der Waals surface area contributed by atoms with Crippen LogP contribution in [-0.4, -0.2) is 37.7 Å². The number of rotatable bonds is 4. The maximum atomic E-state index is 5.46. The van der Waals surface area contributed by atoms with Gasteiger partial charge >= 0.3 is 0 Å². The van der Waals surface area contributed by atoms with Crippen molar-refractivity contribution in [3.63, 3.8) is 0 Å². The summed E-state index contributed by atoms with van der Waals surface area (Å²) in [7, 11) is 0. The number of allylic oxidation sites excluding steroid dienone is 3. The third-order valence-corrected chi connectivity index (χ3v) is 6.57. The lowest BCUT2D eigenvalue weighted by atomic mass is 9.72. The molecule has 22 heavy (non-hydrogen) atoms. The number of hydrogen-bond donors (Lipinski definition) is 0. The minimum Gasteiger partial charge on any atom is -0.379 e. The van der Waals surface area contributed by atoms with E-state index in [1.54, 1.807) is 5.57 Å². The molecular formula is C20H29NO. The summed E-state index contributed by atoms with van der Waals surface area (Å²) in [6, 6.07) is 0. The Morgan fingerprint density at radius 1 is 1.36 bits per heavy atom. The zero-order valence-corrected chi connectivity index (χ0v) is 13.7. The van der Waals surface area contributed by atoms with Gasteiger partial charge in [-0.2, -0.15) is 0 Å². The van der Waals surface area contributed by atoms with Crippen LogP contribution < -0.4 is 0 Å². The maximum absolute atomic E-state index is 5.46. The molecule has 0 aromatic rings. The molecule has 4 rings (SSSR count). The highest BCUT2D eigenvalue weighted by molar-refractivity contribution is 5.29. The van der Waals surface area contributed by atoms with E-state index < -0.39 is 0 Å². The van der Waals surface area contributed by atoms with Gasteiger partial charge in [-0.1, -0.05) is 24.3 Å². The lowest BCUT2D eigenvalue weighted by Crippen LogP contribution is -2.37. The molecule has 0 bridgehead atoms. The third kappa shape index (κ3) is 2.72. The van der Waals surface area contributed by atoms with E-state index in [4.69, 9.17) is 4.74 Å². The van der Waals surface area contributed by atoms with E-state index >= 15 is 0 Å². The van der Waals surface area contributed by atoms with Crippen molar-refractivity contribution >= 4 is 0 Å². The molecule has 0 radical (unpaired) electrons. The van der Waals surface area contributed by atoms with Crippen LogP contribution >= 0.6 is 0 Å². The molecule has 0 aromatic carbocycles. The minimum atomic E-state index is 0.653. The molecule has 2 heteroatoms. The molecule has 1 aliphatic heterocycles. The topological polar surface area (TPSA) is 12.5 Å². The lowest BCUT2D eigenvalue weighted by Gasteiger charge is -2.34. The zero-order valence-electron chi connectivity index (χ0n) is 13.7. The van der Waals surface area contributed by atoms with Crippen molar-refractivity contribution in [3.8, 4) is 0 Å². The normalized spacial score (nSPS) is 41.6. The number of hydrogen-bond acceptors (Lipinski definition) is 2. The van der Waals surface area contributed by atoms with Crippen LogP contribution in [0, 0.1) is 23.2 Å². The van der Waals surface area contributed by atoms with Crippen molar-refractivity contribution in [1.29, 1.82) is 0 Å². The van der Waals surface area contributed by atoms with E-state index in [1.165, 1.54) is 32.1 Å². The summed E-state index contributed by atoms with van der Waals surface area (Å²) in [6.45, 7) is 9.10. The van der Waals surface area contributed by atoms with Gasteiger partial charge in [0.25, 0.3) is 0 Å². The molecule has 0 N–H and O–H groups in total. The van der Waals surface area contributed by atoms with Crippen molar-refractivity contribution < 1.29 is 4.74 Å². The molecule has 3 aliphatic carbocycles. The smallest absolute Gasteiger partial charge is 0.0594 e. The van der Waals surface area contributed by atoms with Crippen LogP contribution in [0.15, 0.2) is 36.5 Å². The molecule has 0 amide bonds. The average Bonchev–Trinajstić information content (AvgIpc) is 3.31. The van der Waals surface area contributed by atoms with Crippen LogP contribution in [0.4, 0.5) is 0 Å². The van der Waals surface area contributed by atoms with Crippen molar-refractivity contribution in [2.75, 3.05) is 32.8 Å². The fourth-order valence-electron chi connectivity index (χ4n) is 5.09. The van der Waals surface area contributed by atoms with Crippen LogP contribution in [-0.2, 0) is 4.74 Å². The Labute approximate surface area is 134 Å². The number of morpholine rings is 1. The van der Waals surface area contributed by atoms with Crippen LogP contribution in [0.3, 0.4) is 0 Å². The van der Waals surface area contributed by atoms with Crippen molar-refractivity contribution in [3.05, 3.63) is 36.5 Å². The van der Waals surface area contributed by atoms with Crippen LogP contribution in [0.25, 0.3) is 0 Å². The monoisotopic (exact) mass is 299 g/mol. The fraction of sp³-hybridized carbons (Fsp3) is 0.700. The van der Waals surface area contributed by atoms with Gasteiger partial charge in [0.2, 0.25) is 0 Å². The summed E-state index contributed by atoms with van der Waals surface area (Å²) in [6.07, 6.45) is 16.6. The van der Waals surface area contributed by atoms with Gasteiger partial charge in [-0.3, -0.25) is 4.90 Å². The number of fused-ring (bicyclic) bond motifs is 1. The van der Waals surface area contributed by atoms with E-state index in [2.05, 4.69) is 35.8 Å². The summed E-state index contributed by atoms with van der Waals surface area (Å²) in [5.74, 6) is 2.56. The third-order valence-electron chi connectivity index (χ3n) is 6.57. The van der Waals surface area contributed by atoms with Gasteiger partial charge < -0.3 is 4.74 Å². The van der Waals surface area contributed by atoms with Gasteiger partial charge in [0, 0.05) is 19.6 Å². The predicted molar refractivity (Wildman–Crippen MR) is 90.7 cm³/mol.